The van der Waals surface area contributed by atoms with Gasteiger partial charge in [-0.2, -0.15) is 0 Å². The number of ether oxygens (including phenoxy) is 3. The van der Waals surface area contributed by atoms with Crippen molar-refractivity contribution in [2.45, 2.75) is 44.5 Å². The van der Waals surface area contributed by atoms with Crippen molar-refractivity contribution in [1.29, 1.82) is 0 Å². The van der Waals surface area contributed by atoms with Gasteiger partial charge in [-0.15, -0.1) is 0 Å². The molecule has 0 amide bonds. The molecular formula is C16H18O6. The number of esters is 1. The molecule has 118 valence electrons. The molecule has 2 aliphatic rings. The number of carbonyl (C=O) groups excluding carboxylic acids is 2. The summed E-state index contributed by atoms with van der Waals surface area (Å²) in [6.45, 7) is 3.52. The van der Waals surface area contributed by atoms with Crippen LogP contribution in [0.5, 0.6) is 11.5 Å². The van der Waals surface area contributed by atoms with Crippen LogP contribution in [0.25, 0.3) is 0 Å². The fourth-order valence-corrected chi connectivity index (χ4v) is 3.21. The number of fused-ring (bicyclic) bond motifs is 1. The molecule has 0 spiro atoms. The zero-order chi connectivity index (χ0) is 16.1. The number of Topliss-reactive ketones (excluding diaryl/α,β-unsaturated/α-hetero) is 1. The lowest BCUT2D eigenvalue weighted by Gasteiger charge is -2.39. The molecule has 6 heteroatoms. The third-order valence-corrected chi connectivity index (χ3v) is 4.23. The first-order valence-corrected chi connectivity index (χ1v) is 7.12. The van der Waals surface area contributed by atoms with E-state index in [9.17, 15) is 14.7 Å². The standard InChI is InChI=1S/C16H18O6/c1-8-4-9(17)14-10(18)7-16(2,22-11(14)5-8)15-12(20-3)6-13(19)21-15/h4-5,12,15,17H,6-7H2,1-3H3/t12-,15-,16-/m0/s1. The second-order valence-corrected chi connectivity index (χ2v) is 6.06. The number of carbonyl (C=O) groups is 2. The maximum atomic E-state index is 12.4. The summed E-state index contributed by atoms with van der Waals surface area (Å²) in [5, 5.41) is 9.97. The summed E-state index contributed by atoms with van der Waals surface area (Å²) in [4.78, 5) is 24.0. The van der Waals surface area contributed by atoms with Crippen molar-refractivity contribution in [3.05, 3.63) is 23.3 Å². The van der Waals surface area contributed by atoms with E-state index in [1.165, 1.54) is 13.2 Å². The second-order valence-electron chi connectivity index (χ2n) is 6.06. The molecule has 1 aromatic rings. The quantitative estimate of drug-likeness (QED) is 0.838. The minimum Gasteiger partial charge on any atom is -0.507 e. The number of phenolic OH excluding ortho intramolecular Hbond substituents is 1. The summed E-state index contributed by atoms with van der Waals surface area (Å²) < 4.78 is 16.6. The number of cyclic esters (lactones) is 1. The number of phenols is 1. The maximum Gasteiger partial charge on any atom is 0.309 e. The second kappa shape index (κ2) is 4.98. The van der Waals surface area contributed by atoms with E-state index in [-0.39, 0.29) is 35.9 Å². The lowest BCUT2D eigenvalue weighted by atomic mass is 9.84. The molecule has 22 heavy (non-hydrogen) atoms. The number of benzene rings is 1. The summed E-state index contributed by atoms with van der Waals surface area (Å²) in [5.74, 6) is -0.381. The number of ketones is 1. The Morgan fingerprint density at radius 3 is 2.77 bits per heavy atom. The average Bonchev–Trinajstić information content (AvgIpc) is 2.79. The zero-order valence-electron chi connectivity index (χ0n) is 12.7. The number of aromatic hydroxyl groups is 1. The van der Waals surface area contributed by atoms with Crippen molar-refractivity contribution < 1.29 is 28.9 Å². The van der Waals surface area contributed by atoms with Gasteiger partial charge in [-0.1, -0.05) is 0 Å². The van der Waals surface area contributed by atoms with E-state index in [4.69, 9.17) is 14.2 Å². The lowest BCUT2D eigenvalue weighted by molar-refractivity contribution is -0.153. The van der Waals surface area contributed by atoms with Crippen LogP contribution in [-0.4, -0.2) is 41.8 Å². The molecule has 1 fully saturated rings. The van der Waals surface area contributed by atoms with Gasteiger partial charge in [0.1, 0.15) is 23.2 Å². The van der Waals surface area contributed by atoms with Crippen LogP contribution >= 0.6 is 0 Å². The van der Waals surface area contributed by atoms with Crippen LogP contribution in [0, 0.1) is 6.92 Å². The van der Waals surface area contributed by atoms with Gasteiger partial charge >= 0.3 is 5.97 Å². The Bertz CT molecular complexity index is 652. The number of methoxy groups -OCH3 is 1. The normalized spacial score (nSPS) is 30.7. The van der Waals surface area contributed by atoms with Gasteiger partial charge in [-0.3, -0.25) is 9.59 Å². The summed E-state index contributed by atoms with van der Waals surface area (Å²) in [6, 6.07) is 3.22. The van der Waals surface area contributed by atoms with Crippen LogP contribution in [0.15, 0.2) is 12.1 Å². The van der Waals surface area contributed by atoms with Crippen LogP contribution in [-0.2, 0) is 14.3 Å². The molecule has 6 nitrogen and oxygen atoms in total. The highest BCUT2D eigenvalue weighted by atomic mass is 16.6. The first kappa shape index (κ1) is 14.8. The average molecular weight is 306 g/mol. The molecule has 2 heterocycles. The maximum absolute atomic E-state index is 12.4. The van der Waals surface area contributed by atoms with Crippen molar-refractivity contribution in [2.24, 2.45) is 0 Å². The van der Waals surface area contributed by atoms with E-state index in [0.717, 1.165) is 5.56 Å². The lowest BCUT2D eigenvalue weighted by Crippen LogP contribution is -2.53. The first-order valence-electron chi connectivity index (χ1n) is 7.12. The van der Waals surface area contributed by atoms with Gasteiger partial charge in [-0.05, 0) is 31.5 Å². The van der Waals surface area contributed by atoms with Gasteiger partial charge in [0.25, 0.3) is 0 Å². The molecule has 2 aliphatic heterocycles. The molecule has 1 N–H and O–H groups in total. The predicted molar refractivity (Wildman–Crippen MR) is 76.1 cm³/mol. The number of hydrogen-bond donors (Lipinski definition) is 1. The van der Waals surface area contributed by atoms with Crippen molar-refractivity contribution in [1.82, 2.24) is 0 Å². The van der Waals surface area contributed by atoms with Gasteiger partial charge in [0, 0.05) is 7.11 Å². The Labute approximate surface area is 128 Å². The number of aryl methyl sites for hydroxylation is 1. The Hall–Kier alpha value is -2.08. The van der Waals surface area contributed by atoms with Gasteiger partial charge in [0.05, 0.1) is 12.8 Å². The molecule has 0 aliphatic carbocycles. The Balaban J connectivity index is 2.00. The molecule has 1 saturated heterocycles. The van der Waals surface area contributed by atoms with Crippen molar-refractivity contribution in [2.75, 3.05) is 7.11 Å². The monoisotopic (exact) mass is 306 g/mol. The van der Waals surface area contributed by atoms with E-state index < -0.39 is 17.8 Å². The van der Waals surface area contributed by atoms with E-state index in [2.05, 4.69) is 0 Å². The highest BCUT2D eigenvalue weighted by Gasteiger charge is 2.53. The zero-order valence-corrected chi connectivity index (χ0v) is 12.7. The molecule has 0 aromatic heterocycles. The fraction of sp³-hybridized carbons (Fsp3) is 0.500. The van der Waals surface area contributed by atoms with Crippen LogP contribution in [0.4, 0.5) is 0 Å². The fourth-order valence-electron chi connectivity index (χ4n) is 3.21. The van der Waals surface area contributed by atoms with Crippen molar-refractivity contribution >= 4 is 11.8 Å². The minimum absolute atomic E-state index is 0.00836. The van der Waals surface area contributed by atoms with Crippen LogP contribution in [0.3, 0.4) is 0 Å². The first-order chi connectivity index (χ1) is 10.3. The highest BCUT2D eigenvalue weighted by Crippen LogP contribution is 2.43. The molecule has 0 bridgehead atoms. The smallest absolute Gasteiger partial charge is 0.309 e. The Morgan fingerprint density at radius 2 is 2.09 bits per heavy atom. The molecule has 0 radical (unpaired) electrons. The van der Waals surface area contributed by atoms with Gasteiger partial charge in [-0.25, -0.2) is 0 Å². The molecule has 3 rings (SSSR count). The number of hydrogen-bond acceptors (Lipinski definition) is 6. The Morgan fingerprint density at radius 1 is 1.36 bits per heavy atom. The van der Waals surface area contributed by atoms with Crippen LogP contribution in [0.2, 0.25) is 0 Å². The molecule has 3 atom stereocenters. The molecule has 0 saturated carbocycles. The summed E-state index contributed by atoms with van der Waals surface area (Å²) in [5.41, 5.74) is -0.0571. The third-order valence-electron chi connectivity index (χ3n) is 4.23. The van der Waals surface area contributed by atoms with E-state index in [1.54, 1.807) is 19.9 Å². The highest BCUT2D eigenvalue weighted by molar-refractivity contribution is 6.03. The summed E-state index contributed by atoms with van der Waals surface area (Å²) in [6.07, 6.45) is -0.968. The third kappa shape index (κ3) is 2.23. The molecular weight excluding hydrogens is 288 g/mol. The Kier molecular flexibility index (Phi) is 3.36. The van der Waals surface area contributed by atoms with Crippen LogP contribution in [0.1, 0.15) is 35.7 Å². The summed E-state index contributed by atoms with van der Waals surface area (Å²) >= 11 is 0. The summed E-state index contributed by atoms with van der Waals surface area (Å²) in [7, 11) is 1.50. The minimum atomic E-state index is -1.02. The van der Waals surface area contributed by atoms with Crippen molar-refractivity contribution in [3.63, 3.8) is 0 Å². The molecule has 1 aromatic carbocycles. The largest absolute Gasteiger partial charge is 0.507 e. The van der Waals surface area contributed by atoms with Crippen molar-refractivity contribution in [3.8, 4) is 11.5 Å². The van der Waals surface area contributed by atoms with Gasteiger partial charge in [0.15, 0.2) is 17.5 Å². The molecule has 0 unspecified atom stereocenters. The van der Waals surface area contributed by atoms with E-state index in [0.29, 0.717) is 5.75 Å². The van der Waals surface area contributed by atoms with Crippen LogP contribution < -0.4 is 4.74 Å². The SMILES string of the molecule is CO[C@H]1CC(=O)O[C@@H]1[C@]1(C)CC(=O)c2c(O)cc(C)cc2O1. The number of rotatable bonds is 2. The predicted octanol–water partition coefficient (Wildman–Crippen LogP) is 1.76. The van der Waals surface area contributed by atoms with Gasteiger partial charge in [0.2, 0.25) is 0 Å². The topological polar surface area (TPSA) is 82.1 Å². The van der Waals surface area contributed by atoms with Gasteiger partial charge < -0.3 is 19.3 Å². The van der Waals surface area contributed by atoms with E-state index >= 15 is 0 Å². The van der Waals surface area contributed by atoms with E-state index in [1.807, 2.05) is 0 Å².